The van der Waals surface area contributed by atoms with E-state index < -0.39 is 20.0 Å². The predicted molar refractivity (Wildman–Crippen MR) is 289 cm³/mol. The topological polar surface area (TPSA) is 114 Å². The number of nitrogens with zero attached hydrogens (tertiary/aromatic N) is 1. The molecule has 3 unspecified atom stereocenters. The molecule has 1 N–H and O–H groups in total. The summed E-state index contributed by atoms with van der Waals surface area (Å²) < 4.78 is 30.2. The fraction of sp³-hybridized carbons (Fsp3) is 0.931. The number of hydrogen-bond donors (Lipinski definition) is 1. The minimum atomic E-state index is -4.68. The molecule has 0 aromatic heterocycles. The van der Waals surface area contributed by atoms with Crippen molar-refractivity contribution in [3.63, 3.8) is 0 Å². The van der Waals surface area contributed by atoms with Crippen LogP contribution in [0.15, 0.2) is 12.2 Å². The maximum atomic E-state index is 13.5. The summed E-state index contributed by atoms with van der Waals surface area (Å²) in [5.41, 5.74) is 0. The van der Waals surface area contributed by atoms with Gasteiger partial charge in [-0.3, -0.25) is 14.2 Å². The Balaban J connectivity index is 5.27. The number of allylic oxidation sites excluding steroid dienone is 1. The van der Waals surface area contributed by atoms with Gasteiger partial charge in [0.15, 0.2) is 0 Å². The van der Waals surface area contributed by atoms with Crippen LogP contribution in [0.3, 0.4) is 0 Å². The summed E-state index contributed by atoms with van der Waals surface area (Å²) in [5, 5.41) is 3.03. The van der Waals surface area contributed by atoms with E-state index in [4.69, 9.17) is 13.8 Å². The van der Waals surface area contributed by atoms with E-state index in [1.54, 1.807) is 0 Å². The Morgan fingerprint density at radius 3 is 1.21 bits per heavy atom. The van der Waals surface area contributed by atoms with E-state index in [2.05, 4.69) is 26.1 Å². The van der Waals surface area contributed by atoms with E-state index in [1.807, 2.05) is 33.3 Å². The molecule has 3 atom stereocenters. The monoisotopic (exact) mass is 983 g/mol. The molecule has 0 heterocycles. The van der Waals surface area contributed by atoms with Gasteiger partial charge in [0.25, 0.3) is 7.82 Å². The van der Waals surface area contributed by atoms with Crippen LogP contribution in [-0.2, 0) is 27.9 Å². The molecule has 0 aliphatic heterocycles. The molecule has 0 fully saturated rings. The Hall–Kier alpha value is -1.25. The molecule has 0 aliphatic rings. The number of carbonyl (C=O) groups is 2. The number of esters is 1. The average molecular weight is 984 g/mol. The van der Waals surface area contributed by atoms with Gasteiger partial charge in [0.1, 0.15) is 19.3 Å². The second kappa shape index (κ2) is 49.3. The number of quaternary nitrogens is 1. The molecule has 68 heavy (non-hydrogen) atoms. The van der Waals surface area contributed by atoms with E-state index in [0.29, 0.717) is 17.4 Å². The van der Waals surface area contributed by atoms with Crippen LogP contribution >= 0.6 is 7.82 Å². The van der Waals surface area contributed by atoms with Gasteiger partial charge in [0, 0.05) is 12.8 Å². The third-order valence-corrected chi connectivity index (χ3v) is 14.4. The summed E-state index contributed by atoms with van der Waals surface area (Å²) in [6.07, 6.45) is 54.5. The summed E-state index contributed by atoms with van der Waals surface area (Å²) in [6.45, 7) is 6.88. The van der Waals surface area contributed by atoms with Gasteiger partial charge in [-0.15, -0.1) is 0 Å². The molecular weight excluding hydrogens is 868 g/mol. The zero-order valence-corrected chi connectivity index (χ0v) is 47.0. The number of rotatable bonds is 54. The minimum absolute atomic E-state index is 0.0170. The molecular formula is C58H115N2O7P. The highest BCUT2D eigenvalue weighted by atomic mass is 31.2. The van der Waals surface area contributed by atoms with E-state index in [1.165, 1.54) is 205 Å². The molecule has 10 heteroatoms. The summed E-state index contributed by atoms with van der Waals surface area (Å²) in [7, 11) is 1.20. The van der Waals surface area contributed by atoms with E-state index in [0.717, 1.165) is 57.8 Å². The van der Waals surface area contributed by atoms with Crippen molar-refractivity contribution in [1.29, 1.82) is 0 Å². The number of likely N-dealkylation sites (N-methyl/N-ethyl adjacent to an activating group) is 1. The van der Waals surface area contributed by atoms with Crippen LogP contribution in [0, 0.1) is 0 Å². The maximum Gasteiger partial charge on any atom is 0.306 e. The summed E-state index contributed by atoms with van der Waals surface area (Å²) in [4.78, 5) is 39.8. The SMILES string of the molecule is CCCCCCCCCCCC/C=C/C(OC(=O)CCCCCCCCCCCCCCC)C(COP(=O)([O-])OCC[N+](C)(C)C)NC(=O)CCCCCCCCCCCCCCCCCCC. The Kier molecular flexibility index (Phi) is 48.4. The van der Waals surface area contributed by atoms with Crippen LogP contribution in [0.2, 0.25) is 0 Å². The number of hydrogen-bond acceptors (Lipinski definition) is 7. The zero-order valence-electron chi connectivity index (χ0n) is 46.1. The van der Waals surface area contributed by atoms with Crippen LogP contribution in [-0.4, -0.2) is 69.4 Å². The zero-order chi connectivity index (χ0) is 50.1. The van der Waals surface area contributed by atoms with Crippen LogP contribution in [0.5, 0.6) is 0 Å². The summed E-state index contributed by atoms with van der Waals surface area (Å²) in [5.74, 6) is -0.523. The standard InChI is InChI=1S/C58H115N2O7P/c1-7-10-13-16-19-22-25-28-29-30-31-33-35-38-41-44-47-50-57(61)59-55(54-66-68(63,64)65-53-52-60(4,5)6)56(49-46-43-40-37-34-27-24-21-18-15-12-9-3)67-58(62)51-48-45-42-39-36-32-26-23-20-17-14-11-8-2/h46,49,55-56H,7-45,47-48,50-54H2,1-6H3,(H-,59,61,63,64)/b49-46+. The summed E-state index contributed by atoms with van der Waals surface area (Å²) in [6, 6.07) is -0.878. The first-order valence-electron chi connectivity index (χ1n) is 29.5. The van der Waals surface area contributed by atoms with Crippen molar-refractivity contribution in [2.24, 2.45) is 0 Å². The van der Waals surface area contributed by atoms with Gasteiger partial charge < -0.3 is 28.5 Å². The average Bonchev–Trinajstić information content (AvgIpc) is 3.29. The number of phosphoric ester groups is 1. The normalized spacial score (nSPS) is 13.8. The molecule has 0 aliphatic carbocycles. The highest BCUT2D eigenvalue weighted by molar-refractivity contribution is 7.45. The molecule has 0 rings (SSSR count). The second-order valence-corrected chi connectivity index (χ2v) is 22.9. The smallest absolute Gasteiger partial charge is 0.306 e. The largest absolute Gasteiger partial charge is 0.756 e. The van der Waals surface area contributed by atoms with Gasteiger partial charge in [0.05, 0.1) is 33.8 Å². The van der Waals surface area contributed by atoms with Gasteiger partial charge in [0.2, 0.25) is 5.91 Å². The van der Waals surface area contributed by atoms with Gasteiger partial charge in [-0.25, -0.2) is 0 Å². The second-order valence-electron chi connectivity index (χ2n) is 21.5. The first kappa shape index (κ1) is 66.8. The van der Waals surface area contributed by atoms with Crippen LogP contribution in [0.1, 0.15) is 297 Å². The lowest BCUT2D eigenvalue weighted by Gasteiger charge is -2.30. The Morgan fingerprint density at radius 2 is 0.838 bits per heavy atom. The van der Waals surface area contributed by atoms with Crippen molar-refractivity contribution in [3.8, 4) is 0 Å². The number of ether oxygens (including phenoxy) is 1. The number of carbonyl (C=O) groups excluding carboxylic acids is 2. The maximum absolute atomic E-state index is 13.5. The van der Waals surface area contributed by atoms with Crippen LogP contribution in [0.25, 0.3) is 0 Å². The molecule has 404 valence electrons. The van der Waals surface area contributed by atoms with Crippen LogP contribution < -0.4 is 10.2 Å². The molecule has 0 aromatic carbocycles. The van der Waals surface area contributed by atoms with Crippen molar-refractivity contribution < 1.29 is 37.3 Å². The van der Waals surface area contributed by atoms with E-state index in [-0.39, 0.29) is 31.5 Å². The molecule has 1 amide bonds. The molecule has 0 aromatic rings. The number of amides is 1. The lowest BCUT2D eigenvalue weighted by atomic mass is 10.0. The highest BCUT2D eigenvalue weighted by Gasteiger charge is 2.27. The van der Waals surface area contributed by atoms with Gasteiger partial charge in [-0.2, -0.15) is 0 Å². The third kappa shape index (κ3) is 49.7. The summed E-state index contributed by atoms with van der Waals surface area (Å²) >= 11 is 0. The van der Waals surface area contributed by atoms with Crippen molar-refractivity contribution in [2.75, 3.05) is 40.9 Å². The van der Waals surface area contributed by atoms with Crippen molar-refractivity contribution in [3.05, 3.63) is 12.2 Å². The fourth-order valence-corrected chi connectivity index (χ4v) is 9.60. The third-order valence-electron chi connectivity index (χ3n) is 13.5. The lowest BCUT2D eigenvalue weighted by molar-refractivity contribution is -0.870. The van der Waals surface area contributed by atoms with Crippen molar-refractivity contribution in [1.82, 2.24) is 5.32 Å². The number of phosphoric acid groups is 1. The number of nitrogens with one attached hydrogen (secondary N) is 1. The molecule has 0 saturated heterocycles. The van der Waals surface area contributed by atoms with Crippen molar-refractivity contribution >= 4 is 19.7 Å². The molecule has 0 spiro atoms. The quantitative estimate of drug-likeness (QED) is 0.0212. The minimum Gasteiger partial charge on any atom is -0.756 e. The molecule has 0 bridgehead atoms. The number of unbranched alkanes of at least 4 members (excludes halogenated alkanes) is 38. The first-order valence-corrected chi connectivity index (χ1v) is 31.0. The molecule has 0 saturated carbocycles. The predicted octanol–water partition coefficient (Wildman–Crippen LogP) is 17.0. The Bertz CT molecular complexity index is 1180. The fourth-order valence-electron chi connectivity index (χ4n) is 8.88. The Morgan fingerprint density at radius 1 is 0.500 bits per heavy atom. The van der Waals surface area contributed by atoms with E-state index >= 15 is 0 Å². The molecule has 9 nitrogen and oxygen atoms in total. The van der Waals surface area contributed by atoms with Gasteiger partial charge in [-0.1, -0.05) is 264 Å². The van der Waals surface area contributed by atoms with Crippen LogP contribution in [0.4, 0.5) is 0 Å². The molecule has 0 radical (unpaired) electrons. The lowest BCUT2D eigenvalue weighted by Crippen LogP contribution is -2.47. The van der Waals surface area contributed by atoms with Crippen molar-refractivity contribution in [2.45, 2.75) is 309 Å². The van der Waals surface area contributed by atoms with Gasteiger partial charge in [-0.05, 0) is 31.8 Å². The Labute approximate surface area is 422 Å². The van der Waals surface area contributed by atoms with Gasteiger partial charge >= 0.3 is 5.97 Å². The van der Waals surface area contributed by atoms with E-state index in [9.17, 15) is 19.0 Å². The highest BCUT2D eigenvalue weighted by Crippen LogP contribution is 2.38. The first-order chi connectivity index (χ1) is 32.9.